The Kier molecular flexibility index (Phi) is 6.82. The smallest absolute Gasteiger partial charge is 0.201 e. The molecule has 0 aromatic carbocycles. The Labute approximate surface area is 98.7 Å². The van der Waals surface area contributed by atoms with Crippen molar-refractivity contribution in [2.24, 2.45) is 0 Å². The first kappa shape index (κ1) is 13.1. The fraction of sp³-hybridized carbons (Fsp3) is 1.00. The molecule has 84 valence electrons. The van der Waals surface area contributed by atoms with E-state index in [9.17, 15) is 8.42 Å². The van der Waals surface area contributed by atoms with Gasteiger partial charge in [-0.1, -0.05) is 0 Å². The molecule has 2 heterocycles. The van der Waals surface area contributed by atoms with Gasteiger partial charge in [-0.15, -0.1) is 0 Å². The van der Waals surface area contributed by atoms with Gasteiger partial charge in [-0.3, -0.25) is 0 Å². The van der Waals surface area contributed by atoms with Crippen molar-refractivity contribution in [1.29, 1.82) is 0 Å². The molecular formula is C8H16O2S4. The Hall–Kier alpha value is 1.000. The van der Waals surface area contributed by atoms with Gasteiger partial charge >= 0.3 is 0 Å². The summed E-state index contributed by atoms with van der Waals surface area (Å²) in [6, 6.07) is 0. The van der Waals surface area contributed by atoms with Crippen LogP contribution in [-0.2, 0) is 8.87 Å². The van der Waals surface area contributed by atoms with Gasteiger partial charge in [0.1, 0.15) is 0 Å². The zero-order valence-electron chi connectivity index (χ0n) is 8.11. The van der Waals surface area contributed by atoms with Crippen LogP contribution in [0.1, 0.15) is 12.8 Å². The molecule has 0 aromatic rings. The highest BCUT2D eigenvalue weighted by Crippen LogP contribution is 2.21. The summed E-state index contributed by atoms with van der Waals surface area (Å²) in [5.41, 5.74) is 0. The summed E-state index contributed by atoms with van der Waals surface area (Å²) >= 11 is 4.15. The van der Waals surface area contributed by atoms with Crippen LogP contribution in [0, 0.1) is 0 Å². The zero-order valence-corrected chi connectivity index (χ0v) is 11.4. The standard InChI is InChI=1S/C4H8O2S2.C4H8S2/c5-8(6)4-2-1-3-7-8;1-2-6-4-3-5-1/h1-4H2;1-4H2. The third-order valence-electron chi connectivity index (χ3n) is 1.80. The van der Waals surface area contributed by atoms with Crippen molar-refractivity contribution in [2.75, 3.05) is 34.5 Å². The molecule has 2 saturated heterocycles. The average Bonchev–Trinajstić information content (AvgIpc) is 2.21. The normalized spacial score (nSPS) is 26.0. The van der Waals surface area contributed by atoms with Crippen molar-refractivity contribution >= 4 is 43.2 Å². The van der Waals surface area contributed by atoms with Crippen molar-refractivity contribution in [3.8, 4) is 0 Å². The maximum atomic E-state index is 10.6. The number of rotatable bonds is 0. The first-order chi connectivity index (χ1) is 6.71. The van der Waals surface area contributed by atoms with Crippen LogP contribution in [0.2, 0.25) is 0 Å². The highest BCUT2D eigenvalue weighted by Gasteiger charge is 2.15. The molecule has 0 atom stereocenters. The molecule has 0 radical (unpaired) electrons. The summed E-state index contributed by atoms with van der Waals surface area (Å²) < 4.78 is 21.2. The third kappa shape index (κ3) is 6.48. The Morgan fingerprint density at radius 1 is 0.786 bits per heavy atom. The Morgan fingerprint density at radius 2 is 1.36 bits per heavy atom. The Morgan fingerprint density at radius 3 is 1.57 bits per heavy atom. The maximum Gasteiger partial charge on any atom is 0.201 e. The first-order valence-electron chi connectivity index (χ1n) is 4.73. The third-order valence-corrected chi connectivity index (χ3v) is 7.96. The summed E-state index contributed by atoms with van der Waals surface area (Å²) in [7, 11) is -1.57. The van der Waals surface area contributed by atoms with E-state index in [1.54, 1.807) is 0 Å². The minimum atomic E-state index is -2.67. The second-order valence-electron chi connectivity index (χ2n) is 3.02. The van der Waals surface area contributed by atoms with Gasteiger partial charge in [0.15, 0.2) is 0 Å². The molecule has 2 aliphatic heterocycles. The molecule has 2 nitrogen and oxygen atoms in total. The minimum Gasteiger partial charge on any atom is -0.217 e. The average molecular weight is 272 g/mol. The van der Waals surface area contributed by atoms with Crippen LogP contribution in [0.4, 0.5) is 0 Å². The van der Waals surface area contributed by atoms with E-state index in [0.717, 1.165) is 29.4 Å². The van der Waals surface area contributed by atoms with E-state index >= 15 is 0 Å². The van der Waals surface area contributed by atoms with Crippen LogP contribution < -0.4 is 0 Å². The number of thioether (sulfide) groups is 2. The van der Waals surface area contributed by atoms with Crippen LogP contribution in [0.15, 0.2) is 0 Å². The quantitative estimate of drug-likeness (QED) is 0.632. The SMILES string of the molecule is C1CSCCS1.O=S1(=O)CCCCS1. The van der Waals surface area contributed by atoms with Crippen LogP contribution in [-0.4, -0.2) is 42.9 Å². The molecular weight excluding hydrogens is 256 g/mol. The van der Waals surface area contributed by atoms with Gasteiger partial charge < -0.3 is 0 Å². The molecule has 2 rings (SSSR count). The molecule has 0 spiro atoms. The molecule has 14 heavy (non-hydrogen) atoms. The lowest BCUT2D eigenvalue weighted by Crippen LogP contribution is -2.07. The van der Waals surface area contributed by atoms with E-state index in [4.69, 9.17) is 0 Å². The largest absolute Gasteiger partial charge is 0.217 e. The van der Waals surface area contributed by atoms with Crippen LogP contribution >= 0.6 is 34.3 Å². The van der Waals surface area contributed by atoms with Gasteiger partial charge in [-0.05, 0) is 23.6 Å². The molecule has 2 aliphatic rings. The lowest BCUT2D eigenvalue weighted by atomic mass is 10.4. The van der Waals surface area contributed by atoms with Crippen molar-refractivity contribution in [2.45, 2.75) is 12.8 Å². The lowest BCUT2D eigenvalue weighted by Gasteiger charge is -2.07. The van der Waals surface area contributed by atoms with Crippen molar-refractivity contribution in [3.05, 3.63) is 0 Å². The summed E-state index contributed by atoms with van der Waals surface area (Å²) in [6.07, 6.45) is 1.92. The number of hydrogen-bond acceptors (Lipinski definition) is 5. The van der Waals surface area contributed by atoms with E-state index in [0.29, 0.717) is 5.75 Å². The molecule has 0 aliphatic carbocycles. The van der Waals surface area contributed by atoms with Gasteiger partial charge in [-0.25, -0.2) is 8.42 Å². The van der Waals surface area contributed by atoms with Gasteiger partial charge in [0.25, 0.3) is 0 Å². The summed E-state index contributed by atoms with van der Waals surface area (Å²) in [4.78, 5) is 0. The molecule has 2 fully saturated rings. The van der Waals surface area contributed by atoms with Gasteiger partial charge in [0, 0.05) is 28.8 Å². The minimum absolute atomic E-state index is 0.387. The van der Waals surface area contributed by atoms with E-state index < -0.39 is 8.87 Å². The predicted octanol–water partition coefficient (Wildman–Crippen LogP) is 2.31. The Bertz CT molecular complexity index is 210. The second kappa shape index (κ2) is 7.30. The van der Waals surface area contributed by atoms with Crippen LogP contribution in [0.5, 0.6) is 0 Å². The second-order valence-corrected chi connectivity index (χ2v) is 9.86. The molecule has 0 aromatic heterocycles. The van der Waals surface area contributed by atoms with Crippen LogP contribution in [0.3, 0.4) is 0 Å². The molecule has 0 bridgehead atoms. The summed E-state index contributed by atoms with van der Waals surface area (Å²) in [5, 5.41) is 0. The fourth-order valence-electron chi connectivity index (χ4n) is 1.07. The van der Waals surface area contributed by atoms with Crippen LogP contribution in [0.25, 0.3) is 0 Å². The topological polar surface area (TPSA) is 34.1 Å². The molecule has 6 heteroatoms. The Balaban J connectivity index is 0.000000146. The number of hydrogen-bond donors (Lipinski definition) is 0. The van der Waals surface area contributed by atoms with E-state index in [1.165, 1.54) is 23.0 Å². The van der Waals surface area contributed by atoms with Crippen molar-refractivity contribution in [3.63, 3.8) is 0 Å². The maximum absolute atomic E-state index is 10.6. The van der Waals surface area contributed by atoms with Gasteiger partial charge in [0.2, 0.25) is 8.87 Å². The highest BCUT2D eigenvalue weighted by molar-refractivity contribution is 8.72. The predicted molar refractivity (Wildman–Crippen MR) is 70.1 cm³/mol. The first-order valence-corrected chi connectivity index (χ1v) is 10.2. The van der Waals surface area contributed by atoms with E-state index in [-0.39, 0.29) is 0 Å². The molecule has 0 amide bonds. The summed E-state index contributed by atoms with van der Waals surface area (Å²) in [6.45, 7) is 0. The van der Waals surface area contributed by atoms with Gasteiger partial charge in [-0.2, -0.15) is 23.5 Å². The van der Waals surface area contributed by atoms with Crippen molar-refractivity contribution in [1.82, 2.24) is 0 Å². The van der Waals surface area contributed by atoms with E-state index in [1.807, 2.05) is 0 Å². The molecule has 0 N–H and O–H groups in total. The van der Waals surface area contributed by atoms with E-state index in [2.05, 4.69) is 23.5 Å². The summed E-state index contributed by atoms with van der Waals surface area (Å²) in [5.74, 6) is 6.70. The molecule has 0 unspecified atom stereocenters. The lowest BCUT2D eigenvalue weighted by molar-refractivity contribution is 0.605. The zero-order chi connectivity index (χ0) is 10.3. The molecule has 0 saturated carbocycles. The van der Waals surface area contributed by atoms with Gasteiger partial charge in [0.05, 0.1) is 5.75 Å². The monoisotopic (exact) mass is 272 g/mol. The fourth-order valence-corrected chi connectivity index (χ4v) is 6.43. The van der Waals surface area contributed by atoms with Crippen molar-refractivity contribution < 1.29 is 8.42 Å². The highest BCUT2D eigenvalue weighted by atomic mass is 33.1.